The van der Waals surface area contributed by atoms with E-state index in [1.807, 2.05) is 66.7 Å². The number of rotatable bonds is 10. The van der Waals surface area contributed by atoms with Gasteiger partial charge in [0.2, 0.25) is 11.8 Å². The van der Waals surface area contributed by atoms with Crippen molar-refractivity contribution in [2.45, 2.75) is 49.9 Å². The lowest BCUT2D eigenvalue weighted by molar-refractivity contribution is -0.141. The highest BCUT2D eigenvalue weighted by molar-refractivity contribution is 9.10. The van der Waals surface area contributed by atoms with Crippen molar-refractivity contribution >= 4 is 50.9 Å². The number of nitrogens with zero attached hydrogens (tertiary/aromatic N) is 1. The van der Waals surface area contributed by atoms with Crippen LogP contribution in [0.25, 0.3) is 5.57 Å². The Labute approximate surface area is 304 Å². The molecule has 2 N–H and O–H groups in total. The van der Waals surface area contributed by atoms with Crippen LogP contribution < -0.4 is 4.74 Å². The van der Waals surface area contributed by atoms with E-state index in [1.54, 1.807) is 12.1 Å². The average Bonchev–Trinajstić information content (AvgIpc) is 3.38. The number of carboxylic acid groups (broad SMARTS) is 1. The summed E-state index contributed by atoms with van der Waals surface area (Å²) in [6.45, 7) is 0.202. The van der Waals surface area contributed by atoms with Gasteiger partial charge >= 0.3 is 5.97 Å². The number of likely N-dealkylation sites (tertiary alicyclic amines) is 1. The Morgan fingerprint density at radius 1 is 0.941 bits per heavy atom. The topological polar surface area (TPSA) is 138 Å². The third-order valence-corrected chi connectivity index (χ3v) is 11.9. The van der Waals surface area contributed by atoms with Crippen LogP contribution in [0.1, 0.15) is 61.1 Å². The number of imide groups is 1. The van der Waals surface area contributed by atoms with Gasteiger partial charge in [-0.2, -0.15) is 0 Å². The largest absolute Gasteiger partial charge is 0.503 e. The lowest BCUT2D eigenvalue weighted by atomic mass is 9.44. The molecule has 3 aliphatic carbocycles. The van der Waals surface area contributed by atoms with Gasteiger partial charge in [-0.25, -0.2) is 0 Å². The molecule has 2 amide bonds. The summed E-state index contributed by atoms with van der Waals surface area (Å²) >= 11 is 3.48. The van der Waals surface area contributed by atoms with E-state index < -0.39 is 41.0 Å². The lowest BCUT2D eigenvalue weighted by Crippen LogP contribution is -2.58. The van der Waals surface area contributed by atoms with E-state index in [4.69, 9.17) is 9.84 Å². The molecule has 0 aromatic heterocycles. The molecule has 51 heavy (non-hydrogen) atoms. The molecule has 0 unspecified atom stereocenters. The molecule has 1 saturated heterocycles. The smallest absolute Gasteiger partial charge is 0.303 e. The fraction of sp³-hybridized carbons (Fsp3) is 0.341. The lowest BCUT2D eigenvalue weighted by Gasteiger charge is -2.55. The second kappa shape index (κ2) is 13.7. The zero-order valence-electron chi connectivity index (χ0n) is 28.1. The van der Waals surface area contributed by atoms with Crippen LogP contribution in [0.5, 0.6) is 11.5 Å². The van der Waals surface area contributed by atoms with Gasteiger partial charge in [0.05, 0.1) is 28.8 Å². The second-order valence-corrected chi connectivity index (χ2v) is 14.7. The summed E-state index contributed by atoms with van der Waals surface area (Å²) in [7, 11) is 1.44. The number of hydrogen-bond donors (Lipinski definition) is 2. The van der Waals surface area contributed by atoms with Gasteiger partial charge in [0.15, 0.2) is 23.1 Å². The summed E-state index contributed by atoms with van der Waals surface area (Å²) in [6, 6.07) is 21.9. The molecule has 1 aliphatic heterocycles. The maximum Gasteiger partial charge on any atom is 0.303 e. The van der Waals surface area contributed by atoms with E-state index in [0.29, 0.717) is 52.4 Å². The van der Waals surface area contributed by atoms with Gasteiger partial charge < -0.3 is 14.9 Å². The summed E-state index contributed by atoms with van der Waals surface area (Å²) in [6.07, 6.45) is 5.51. The molecule has 6 atom stereocenters. The zero-order valence-corrected chi connectivity index (χ0v) is 29.7. The predicted octanol–water partition coefficient (Wildman–Crippen LogP) is 6.63. The van der Waals surface area contributed by atoms with E-state index in [1.165, 1.54) is 18.1 Å². The number of phenols is 1. The molecule has 4 aliphatic rings. The first-order chi connectivity index (χ1) is 24.6. The standard InChI is InChI=1S/C41H38BrNO8/c1-51-32-20-24(19-31(42)38(32)48)36-26-16-17-27-35(40(50)43(39(27)49)18-10-4-9-15-34(45)46)29(26)21-30-37(47)28(23-11-5-2-6-12-23)22-33(44)41(30,36)25-13-7-3-8-14-25/h2-3,5-8,11-14,16,19-20,22,27,29-30,35-36,48H,4,9-10,15,17-18,21H2,1H3,(H,45,46)/t27-,29+,30-,35-,36-,41-/m0/s1. The van der Waals surface area contributed by atoms with Gasteiger partial charge in [-0.05, 0) is 82.4 Å². The number of ether oxygens (including phenoxy) is 1. The highest BCUT2D eigenvalue weighted by Crippen LogP contribution is 2.64. The number of methoxy groups -OCH3 is 1. The minimum Gasteiger partial charge on any atom is -0.503 e. The molecule has 7 rings (SSSR count). The number of aromatic hydroxyl groups is 1. The first-order valence-corrected chi connectivity index (χ1v) is 18.1. The SMILES string of the molecule is COc1cc([C@H]2C3=CC[C@@H]4C(=O)N(CCCCCC(=O)O)C(=O)[C@@H]4[C@@H]3C[C@H]3C(=O)C(c4ccccc4)=CC(=O)[C@@]23c2ccccc2)cc(Br)c1O. The Hall–Kier alpha value is -4.83. The molecule has 10 heteroatoms. The summed E-state index contributed by atoms with van der Waals surface area (Å²) < 4.78 is 5.92. The fourth-order valence-corrected chi connectivity index (χ4v) is 9.63. The highest BCUT2D eigenvalue weighted by atomic mass is 79.9. The summed E-state index contributed by atoms with van der Waals surface area (Å²) in [4.78, 5) is 70.6. The number of allylic oxidation sites excluding steroid dienone is 4. The molecule has 9 nitrogen and oxygen atoms in total. The van der Waals surface area contributed by atoms with Crippen LogP contribution in [0, 0.1) is 23.7 Å². The molecule has 262 valence electrons. The molecule has 1 saturated carbocycles. The van der Waals surface area contributed by atoms with Crippen molar-refractivity contribution in [3.05, 3.63) is 112 Å². The number of ketones is 2. The van der Waals surface area contributed by atoms with E-state index >= 15 is 9.59 Å². The number of carbonyl (C=O) groups excluding carboxylic acids is 4. The molecule has 0 bridgehead atoms. The number of carbonyl (C=O) groups is 5. The predicted molar refractivity (Wildman–Crippen MR) is 192 cm³/mol. The number of aliphatic carboxylic acids is 1. The van der Waals surface area contributed by atoms with Crippen LogP contribution in [0.2, 0.25) is 0 Å². The van der Waals surface area contributed by atoms with Gasteiger partial charge in [0.1, 0.15) is 0 Å². The molecule has 0 spiro atoms. The summed E-state index contributed by atoms with van der Waals surface area (Å²) in [5, 5.41) is 19.9. The van der Waals surface area contributed by atoms with E-state index in [2.05, 4.69) is 15.9 Å². The number of halogens is 1. The summed E-state index contributed by atoms with van der Waals surface area (Å²) in [5.41, 5.74) is 1.66. The van der Waals surface area contributed by atoms with Gasteiger partial charge in [-0.3, -0.25) is 28.9 Å². The molecule has 1 heterocycles. The minimum absolute atomic E-state index is 0.0266. The first-order valence-electron chi connectivity index (χ1n) is 17.3. The quantitative estimate of drug-likeness (QED) is 0.134. The van der Waals surface area contributed by atoms with Crippen molar-refractivity contribution in [2.24, 2.45) is 23.7 Å². The zero-order chi connectivity index (χ0) is 36.0. The first kappa shape index (κ1) is 34.6. The number of carboxylic acids is 1. The van der Waals surface area contributed by atoms with Crippen LogP contribution in [-0.4, -0.2) is 58.1 Å². The number of benzene rings is 3. The van der Waals surface area contributed by atoms with Gasteiger partial charge in [0.25, 0.3) is 0 Å². The molecular formula is C41H38BrNO8. The van der Waals surface area contributed by atoms with E-state index in [-0.39, 0.29) is 54.3 Å². The Morgan fingerprint density at radius 3 is 2.33 bits per heavy atom. The van der Waals surface area contributed by atoms with Crippen LogP contribution in [0.3, 0.4) is 0 Å². The van der Waals surface area contributed by atoms with E-state index in [9.17, 15) is 19.5 Å². The Morgan fingerprint density at radius 2 is 1.65 bits per heavy atom. The Balaban J connectivity index is 1.40. The molecular weight excluding hydrogens is 714 g/mol. The number of hydrogen-bond acceptors (Lipinski definition) is 7. The van der Waals surface area contributed by atoms with Crippen LogP contribution >= 0.6 is 15.9 Å². The fourth-order valence-electron chi connectivity index (χ4n) is 9.17. The van der Waals surface area contributed by atoms with Gasteiger partial charge in [-0.15, -0.1) is 0 Å². The van der Waals surface area contributed by atoms with Crippen LogP contribution in [-0.2, 0) is 29.4 Å². The van der Waals surface area contributed by atoms with Crippen LogP contribution in [0.4, 0.5) is 0 Å². The number of unbranched alkanes of at least 4 members (excludes halogenated alkanes) is 2. The molecule has 0 radical (unpaired) electrons. The van der Waals surface area contributed by atoms with Crippen molar-refractivity contribution in [3.8, 4) is 11.5 Å². The highest BCUT2D eigenvalue weighted by Gasteiger charge is 2.65. The van der Waals surface area contributed by atoms with Crippen molar-refractivity contribution in [3.63, 3.8) is 0 Å². The van der Waals surface area contributed by atoms with E-state index in [0.717, 1.165) is 5.57 Å². The number of Topliss-reactive ketones (excluding diaryl/α,β-unsaturated/α-hetero) is 1. The molecule has 3 aromatic rings. The second-order valence-electron chi connectivity index (χ2n) is 13.9. The maximum absolute atomic E-state index is 15.1. The van der Waals surface area contributed by atoms with Crippen LogP contribution in [0.15, 0.2) is 95.0 Å². The van der Waals surface area contributed by atoms with Crippen molar-refractivity contribution in [1.82, 2.24) is 4.90 Å². The van der Waals surface area contributed by atoms with Crippen molar-refractivity contribution in [2.75, 3.05) is 13.7 Å². The van der Waals surface area contributed by atoms with Gasteiger partial charge in [-0.1, -0.05) is 78.7 Å². The Kier molecular flexibility index (Phi) is 9.31. The molecule has 2 fully saturated rings. The van der Waals surface area contributed by atoms with Crippen molar-refractivity contribution < 1.29 is 38.9 Å². The molecule has 3 aromatic carbocycles. The number of fused-ring (bicyclic) bond motifs is 4. The third-order valence-electron chi connectivity index (χ3n) is 11.3. The maximum atomic E-state index is 15.1. The van der Waals surface area contributed by atoms with Gasteiger partial charge in [0, 0.05) is 30.4 Å². The van der Waals surface area contributed by atoms with Crippen molar-refractivity contribution in [1.29, 1.82) is 0 Å². The average molecular weight is 753 g/mol. The third kappa shape index (κ3) is 5.64. The Bertz CT molecular complexity index is 1990. The number of amides is 2. The summed E-state index contributed by atoms with van der Waals surface area (Å²) in [5.74, 6) is -5.24. The normalized spacial score (nSPS) is 26.9. The minimum atomic E-state index is -1.40. The monoisotopic (exact) mass is 751 g/mol. The number of phenolic OH excluding ortho intramolecular Hbond substituents is 1.